The van der Waals surface area contributed by atoms with Crippen molar-refractivity contribution in [1.29, 1.82) is 0 Å². The van der Waals surface area contributed by atoms with Crippen LogP contribution in [0.5, 0.6) is 5.75 Å². The Labute approximate surface area is 139 Å². The van der Waals surface area contributed by atoms with Crippen LogP contribution in [0.25, 0.3) is 10.9 Å². The van der Waals surface area contributed by atoms with Crippen LogP contribution in [0, 0.1) is 0 Å². The quantitative estimate of drug-likeness (QED) is 0.756. The molecule has 1 aliphatic rings. The number of hydrogen-bond donors (Lipinski definition) is 2. The highest BCUT2D eigenvalue weighted by Crippen LogP contribution is 2.36. The van der Waals surface area contributed by atoms with Crippen LogP contribution in [0.15, 0.2) is 24.5 Å². The second-order valence-electron chi connectivity index (χ2n) is 5.42. The van der Waals surface area contributed by atoms with E-state index >= 15 is 0 Å². The van der Waals surface area contributed by atoms with Gasteiger partial charge in [0.1, 0.15) is 29.3 Å². The summed E-state index contributed by atoms with van der Waals surface area (Å²) in [6, 6.07) is 3.54. The van der Waals surface area contributed by atoms with Gasteiger partial charge in [-0.05, 0) is 12.1 Å². The molecule has 3 aromatic rings. The first-order chi connectivity index (χ1) is 12.0. The number of nitrogens with one attached hydrogen (secondary N) is 2. The molecule has 4 rings (SSSR count). The van der Waals surface area contributed by atoms with Crippen molar-refractivity contribution in [3.8, 4) is 5.75 Å². The predicted octanol–water partition coefficient (Wildman–Crippen LogP) is 3.02. The molecule has 25 heavy (non-hydrogen) atoms. The number of alkyl halides is 3. The molecule has 0 aliphatic carbocycles. The molecule has 0 saturated carbocycles. The van der Waals surface area contributed by atoms with Crippen LogP contribution in [0.4, 0.5) is 30.6 Å². The van der Waals surface area contributed by atoms with E-state index in [2.05, 4.69) is 25.7 Å². The zero-order valence-electron chi connectivity index (χ0n) is 13.1. The maximum Gasteiger partial charge on any atom is 0.421 e. The van der Waals surface area contributed by atoms with E-state index in [-0.39, 0.29) is 11.8 Å². The highest BCUT2D eigenvalue weighted by molar-refractivity contribution is 5.96. The summed E-state index contributed by atoms with van der Waals surface area (Å²) in [5.41, 5.74) is 0.547. The molecule has 3 heterocycles. The molecule has 1 aliphatic heterocycles. The Balaban J connectivity index is 1.73. The molecule has 10 heteroatoms. The summed E-state index contributed by atoms with van der Waals surface area (Å²) in [5.74, 6) is 0.476. The molecule has 130 valence electrons. The van der Waals surface area contributed by atoms with E-state index < -0.39 is 11.7 Å². The van der Waals surface area contributed by atoms with Crippen molar-refractivity contribution in [1.82, 2.24) is 19.7 Å². The van der Waals surface area contributed by atoms with Crippen molar-refractivity contribution < 1.29 is 17.9 Å². The first-order valence-corrected chi connectivity index (χ1v) is 7.47. The second kappa shape index (κ2) is 5.50. The van der Waals surface area contributed by atoms with Gasteiger partial charge in [-0.3, -0.25) is 4.68 Å². The number of rotatable bonds is 3. The Hall–Kier alpha value is -3.04. The van der Waals surface area contributed by atoms with E-state index in [4.69, 9.17) is 4.74 Å². The van der Waals surface area contributed by atoms with Gasteiger partial charge < -0.3 is 15.4 Å². The first-order valence-electron chi connectivity index (χ1n) is 7.47. The Morgan fingerprint density at radius 3 is 2.84 bits per heavy atom. The zero-order valence-corrected chi connectivity index (χ0v) is 13.1. The van der Waals surface area contributed by atoms with Crippen LogP contribution in [-0.4, -0.2) is 33.4 Å². The molecule has 7 nitrogen and oxygen atoms in total. The van der Waals surface area contributed by atoms with Gasteiger partial charge in [0, 0.05) is 18.6 Å². The van der Waals surface area contributed by atoms with Crippen LogP contribution in [0.2, 0.25) is 0 Å². The second-order valence-corrected chi connectivity index (χ2v) is 5.42. The Morgan fingerprint density at radius 1 is 1.24 bits per heavy atom. The van der Waals surface area contributed by atoms with Gasteiger partial charge in [0.2, 0.25) is 5.95 Å². The maximum atomic E-state index is 12.9. The fourth-order valence-electron chi connectivity index (χ4n) is 2.77. The fraction of sp³-hybridized carbons (Fsp3) is 0.267. The van der Waals surface area contributed by atoms with Crippen LogP contribution < -0.4 is 15.4 Å². The van der Waals surface area contributed by atoms with Crippen molar-refractivity contribution in [2.24, 2.45) is 0 Å². The Bertz CT molecular complexity index is 952. The third kappa shape index (κ3) is 2.59. The molecule has 0 fully saturated rings. The van der Waals surface area contributed by atoms with Gasteiger partial charge in [-0.2, -0.15) is 23.3 Å². The highest BCUT2D eigenvalue weighted by atomic mass is 19.4. The number of nitrogens with zero attached hydrogens (tertiary/aromatic N) is 4. The average molecular weight is 350 g/mol. The van der Waals surface area contributed by atoms with Crippen molar-refractivity contribution in [2.45, 2.75) is 12.7 Å². The molecular weight excluding hydrogens is 337 g/mol. The highest BCUT2D eigenvalue weighted by Gasteiger charge is 2.35. The van der Waals surface area contributed by atoms with E-state index in [0.29, 0.717) is 24.6 Å². The molecule has 0 radical (unpaired) electrons. The normalized spacial score (nSPS) is 13.6. The third-order valence-corrected chi connectivity index (χ3v) is 3.90. The molecule has 2 aromatic heterocycles. The minimum absolute atomic E-state index is 0.0529. The Kier molecular flexibility index (Phi) is 3.41. The van der Waals surface area contributed by atoms with Gasteiger partial charge in [-0.15, -0.1) is 0 Å². The lowest BCUT2D eigenvalue weighted by atomic mass is 10.2. The van der Waals surface area contributed by atoms with Gasteiger partial charge in [0.25, 0.3) is 0 Å². The number of halogens is 3. The van der Waals surface area contributed by atoms with Crippen LogP contribution in [-0.2, 0) is 12.7 Å². The maximum absolute atomic E-state index is 12.9. The number of benzene rings is 1. The summed E-state index contributed by atoms with van der Waals surface area (Å²) < 4.78 is 46.2. The topological polar surface area (TPSA) is 76.9 Å². The van der Waals surface area contributed by atoms with E-state index in [1.807, 2.05) is 4.68 Å². The summed E-state index contributed by atoms with van der Waals surface area (Å²) in [7, 11) is 1.38. The minimum Gasteiger partial charge on any atom is -0.489 e. The predicted molar refractivity (Wildman–Crippen MR) is 85.1 cm³/mol. The summed E-state index contributed by atoms with van der Waals surface area (Å²) >= 11 is 0. The fourth-order valence-corrected chi connectivity index (χ4v) is 2.77. The average Bonchev–Trinajstić information content (AvgIpc) is 3.02. The number of anilines is 3. The van der Waals surface area contributed by atoms with E-state index in [0.717, 1.165) is 17.1 Å². The van der Waals surface area contributed by atoms with E-state index in [1.165, 1.54) is 7.05 Å². The van der Waals surface area contributed by atoms with Gasteiger partial charge in [-0.25, -0.2) is 4.98 Å². The summed E-state index contributed by atoms with van der Waals surface area (Å²) in [4.78, 5) is 7.69. The van der Waals surface area contributed by atoms with E-state index in [1.54, 1.807) is 18.3 Å². The zero-order chi connectivity index (χ0) is 17.6. The lowest BCUT2D eigenvalue weighted by molar-refractivity contribution is -0.137. The lowest BCUT2D eigenvalue weighted by Crippen LogP contribution is -2.15. The van der Waals surface area contributed by atoms with Crippen molar-refractivity contribution in [2.75, 3.05) is 24.3 Å². The van der Waals surface area contributed by atoms with E-state index in [9.17, 15) is 13.2 Å². The van der Waals surface area contributed by atoms with Crippen molar-refractivity contribution >= 4 is 28.4 Å². The molecule has 0 amide bonds. The van der Waals surface area contributed by atoms with Gasteiger partial charge in [-0.1, -0.05) is 0 Å². The molecule has 0 saturated heterocycles. The van der Waals surface area contributed by atoms with Crippen LogP contribution in [0.3, 0.4) is 0 Å². The number of aromatic nitrogens is 4. The van der Waals surface area contributed by atoms with Crippen LogP contribution in [0.1, 0.15) is 5.56 Å². The monoisotopic (exact) mass is 350 g/mol. The Morgan fingerprint density at radius 2 is 2.08 bits per heavy atom. The first kappa shape index (κ1) is 15.5. The molecule has 0 unspecified atom stereocenters. The summed E-state index contributed by atoms with van der Waals surface area (Å²) in [6.45, 7) is 1.19. The standard InChI is InChI=1S/C15H13F3N6O/c1-19-13-9(15(16,17)18)7-20-14(23-13)22-10-2-3-11-12-8(10)6-21-24(12)4-5-25-11/h2-3,6-7H,4-5H2,1H3,(H2,19,20,22,23). The molecule has 0 bridgehead atoms. The largest absolute Gasteiger partial charge is 0.489 e. The number of hydrogen-bond acceptors (Lipinski definition) is 6. The summed E-state index contributed by atoms with van der Waals surface area (Å²) in [5, 5.41) is 10.5. The van der Waals surface area contributed by atoms with Crippen molar-refractivity contribution in [3.05, 3.63) is 30.1 Å². The third-order valence-electron chi connectivity index (χ3n) is 3.90. The van der Waals surface area contributed by atoms with Crippen molar-refractivity contribution in [3.63, 3.8) is 0 Å². The number of ether oxygens (including phenoxy) is 1. The lowest BCUT2D eigenvalue weighted by Gasteiger charge is -2.17. The van der Waals surface area contributed by atoms with Gasteiger partial charge in [0.15, 0.2) is 0 Å². The summed E-state index contributed by atoms with van der Waals surface area (Å²) in [6.07, 6.45) is -2.09. The minimum atomic E-state index is -4.53. The van der Waals surface area contributed by atoms with Gasteiger partial charge in [0.05, 0.1) is 18.4 Å². The molecule has 0 spiro atoms. The molecule has 0 atom stereocenters. The molecular formula is C15H13F3N6O. The van der Waals surface area contributed by atoms with Gasteiger partial charge >= 0.3 is 6.18 Å². The molecule has 2 N–H and O–H groups in total. The smallest absolute Gasteiger partial charge is 0.421 e. The molecule has 1 aromatic carbocycles. The van der Waals surface area contributed by atoms with Crippen LogP contribution >= 0.6 is 0 Å². The SMILES string of the molecule is CNc1nc(Nc2ccc3c4c2cnn4CCO3)ncc1C(F)(F)F.